The van der Waals surface area contributed by atoms with Crippen LogP contribution in [0.1, 0.15) is 23.2 Å². The molecule has 0 heterocycles. The highest BCUT2D eigenvalue weighted by Gasteiger charge is 2.28. The third-order valence-electron chi connectivity index (χ3n) is 2.66. The van der Waals surface area contributed by atoms with E-state index in [1.807, 2.05) is 0 Å². The van der Waals surface area contributed by atoms with Gasteiger partial charge in [0.2, 0.25) is 0 Å². The summed E-state index contributed by atoms with van der Waals surface area (Å²) in [5, 5.41) is 11.8. The minimum atomic E-state index is -0.445. The molecule has 0 unspecified atom stereocenters. The highest BCUT2D eigenvalue weighted by atomic mass is 32.1. The molecule has 0 radical (unpaired) electrons. The number of benzene rings is 1. The number of hydrogen-bond donors (Lipinski definition) is 3. The Morgan fingerprint density at radius 2 is 2.19 bits per heavy atom. The maximum absolute atomic E-state index is 12.9. The zero-order chi connectivity index (χ0) is 11.7. The van der Waals surface area contributed by atoms with E-state index in [0.717, 1.165) is 0 Å². The summed E-state index contributed by atoms with van der Waals surface area (Å²) in [6, 6.07) is 4.05. The summed E-state index contributed by atoms with van der Waals surface area (Å²) in [5.74, 6) is -0.703. The number of amides is 1. The number of aliphatic hydroxyl groups excluding tert-OH is 1. The summed E-state index contributed by atoms with van der Waals surface area (Å²) in [7, 11) is 0. The van der Waals surface area contributed by atoms with Crippen molar-refractivity contribution in [3.8, 4) is 0 Å². The minimum absolute atomic E-state index is 0.0240. The molecule has 1 aromatic carbocycles. The van der Waals surface area contributed by atoms with Crippen LogP contribution < -0.4 is 5.32 Å². The van der Waals surface area contributed by atoms with Crippen LogP contribution in [0.25, 0.3) is 0 Å². The van der Waals surface area contributed by atoms with Gasteiger partial charge in [-0.05, 0) is 31.0 Å². The van der Waals surface area contributed by atoms with Crippen molar-refractivity contribution in [2.45, 2.75) is 29.9 Å². The molecular weight excluding hydrogens is 229 g/mol. The first kappa shape index (κ1) is 11.4. The second kappa shape index (κ2) is 4.43. The van der Waals surface area contributed by atoms with Crippen molar-refractivity contribution in [1.29, 1.82) is 0 Å². The smallest absolute Gasteiger partial charge is 0.251 e. The molecule has 0 aromatic heterocycles. The molecule has 1 fully saturated rings. The number of hydrogen-bond acceptors (Lipinski definition) is 3. The Bertz CT molecular complexity index is 418. The van der Waals surface area contributed by atoms with Crippen molar-refractivity contribution in [2.24, 2.45) is 0 Å². The molecule has 1 amide bonds. The number of rotatable bonds is 2. The topological polar surface area (TPSA) is 49.3 Å². The van der Waals surface area contributed by atoms with Crippen LogP contribution in [0.2, 0.25) is 0 Å². The van der Waals surface area contributed by atoms with Crippen LogP contribution in [0.15, 0.2) is 23.1 Å². The Morgan fingerprint density at radius 1 is 1.50 bits per heavy atom. The Hall–Kier alpha value is -1.07. The summed E-state index contributed by atoms with van der Waals surface area (Å²) >= 11 is 3.91. The predicted molar refractivity (Wildman–Crippen MR) is 60.1 cm³/mol. The van der Waals surface area contributed by atoms with E-state index in [2.05, 4.69) is 17.9 Å². The first-order valence-electron chi connectivity index (χ1n) is 5.03. The maximum atomic E-state index is 12.9. The van der Waals surface area contributed by atoms with Gasteiger partial charge in [-0.1, -0.05) is 0 Å². The molecule has 86 valence electrons. The van der Waals surface area contributed by atoms with E-state index in [9.17, 15) is 9.18 Å². The van der Waals surface area contributed by atoms with Crippen LogP contribution >= 0.6 is 12.6 Å². The van der Waals surface area contributed by atoms with Crippen molar-refractivity contribution in [3.63, 3.8) is 0 Å². The van der Waals surface area contributed by atoms with Gasteiger partial charge in [0, 0.05) is 16.5 Å². The zero-order valence-corrected chi connectivity index (χ0v) is 9.38. The van der Waals surface area contributed by atoms with Crippen LogP contribution in [0.4, 0.5) is 4.39 Å². The van der Waals surface area contributed by atoms with Gasteiger partial charge >= 0.3 is 0 Å². The summed E-state index contributed by atoms with van der Waals surface area (Å²) in [5.41, 5.74) is 0.382. The van der Waals surface area contributed by atoms with Gasteiger partial charge in [-0.25, -0.2) is 4.39 Å². The molecule has 1 aliphatic rings. The van der Waals surface area contributed by atoms with Crippen molar-refractivity contribution >= 4 is 18.5 Å². The standard InChI is InChI=1S/C11H12FNO2S/c12-9-2-1-6(3-10(9)16)11(15)13-7-4-8(14)5-7/h1-3,7-8,14,16H,4-5H2,(H,13,15). The van der Waals surface area contributed by atoms with Crippen molar-refractivity contribution < 1.29 is 14.3 Å². The van der Waals surface area contributed by atoms with Gasteiger partial charge < -0.3 is 10.4 Å². The molecule has 2 rings (SSSR count). The molecule has 16 heavy (non-hydrogen) atoms. The van der Waals surface area contributed by atoms with Crippen molar-refractivity contribution in [1.82, 2.24) is 5.32 Å². The Labute approximate surface area is 98.1 Å². The number of halogens is 1. The average molecular weight is 241 g/mol. The summed E-state index contributed by atoms with van der Waals surface area (Å²) in [4.78, 5) is 11.8. The fourth-order valence-electron chi connectivity index (χ4n) is 1.63. The molecular formula is C11H12FNO2S. The van der Waals surface area contributed by atoms with E-state index in [1.165, 1.54) is 18.2 Å². The lowest BCUT2D eigenvalue weighted by atomic mass is 9.89. The molecule has 0 spiro atoms. The molecule has 1 aromatic rings. The SMILES string of the molecule is O=C(NC1CC(O)C1)c1ccc(F)c(S)c1. The van der Waals surface area contributed by atoms with Gasteiger partial charge in [0.05, 0.1) is 6.10 Å². The molecule has 5 heteroatoms. The van der Waals surface area contributed by atoms with Crippen molar-refractivity contribution in [2.75, 3.05) is 0 Å². The largest absolute Gasteiger partial charge is 0.393 e. The summed E-state index contributed by atoms with van der Waals surface area (Å²) in [6.07, 6.45) is 0.861. The number of carbonyl (C=O) groups excluding carboxylic acids is 1. The Morgan fingerprint density at radius 3 is 2.75 bits per heavy atom. The highest BCUT2D eigenvalue weighted by molar-refractivity contribution is 7.80. The second-order valence-corrected chi connectivity index (χ2v) is 4.44. The lowest BCUT2D eigenvalue weighted by Crippen LogP contribution is -2.46. The number of thiol groups is 1. The monoisotopic (exact) mass is 241 g/mol. The lowest BCUT2D eigenvalue weighted by molar-refractivity contribution is 0.0562. The quantitative estimate of drug-likeness (QED) is 0.685. The molecule has 0 bridgehead atoms. The zero-order valence-electron chi connectivity index (χ0n) is 8.48. The first-order valence-corrected chi connectivity index (χ1v) is 5.48. The highest BCUT2D eigenvalue weighted by Crippen LogP contribution is 2.20. The average Bonchev–Trinajstić information content (AvgIpc) is 2.19. The summed E-state index contributed by atoms with van der Waals surface area (Å²) < 4.78 is 12.9. The fourth-order valence-corrected chi connectivity index (χ4v) is 1.84. The third kappa shape index (κ3) is 2.36. The van der Waals surface area contributed by atoms with E-state index in [0.29, 0.717) is 18.4 Å². The van der Waals surface area contributed by atoms with Crippen molar-refractivity contribution in [3.05, 3.63) is 29.6 Å². The van der Waals surface area contributed by atoms with Gasteiger partial charge in [-0.3, -0.25) is 4.79 Å². The molecule has 0 aliphatic heterocycles. The van der Waals surface area contributed by atoms with Crippen LogP contribution in [0, 0.1) is 5.82 Å². The predicted octanol–water partition coefficient (Wildman–Crippen LogP) is 1.37. The van der Waals surface area contributed by atoms with Crippen LogP contribution in [0.3, 0.4) is 0 Å². The molecule has 2 N–H and O–H groups in total. The van der Waals surface area contributed by atoms with Crippen LogP contribution in [0.5, 0.6) is 0 Å². The Balaban J connectivity index is 2.01. The number of aliphatic hydroxyl groups is 1. The minimum Gasteiger partial charge on any atom is -0.393 e. The van der Waals surface area contributed by atoms with Gasteiger partial charge in [-0.15, -0.1) is 12.6 Å². The van der Waals surface area contributed by atoms with E-state index < -0.39 is 5.82 Å². The van der Waals surface area contributed by atoms with E-state index >= 15 is 0 Å². The van der Waals surface area contributed by atoms with Gasteiger partial charge in [0.1, 0.15) is 5.82 Å². The van der Waals surface area contributed by atoms with Gasteiger partial charge in [0.15, 0.2) is 0 Å². The molecule has 3 nitrogen and oxygen atoms in total. The number of nitrogens with one attached hydrogen (secondary N) is 1. The molecule has 0 atom stereocenters. The number of carbonyl (C=O) groups is 1. The van der Waals surface area contributed by atoms with Crippen LogP contribution in [-0.2, 0) is 0 Å². The van der Waals surface area contributed by atoms with Gasteiger partial charge in [-0.2, -0.15) is 0 Å². The van der Waals surface area contributed by atoms with Crippen LogP contribution in [-0.4, -0.2) is 23.2 Å². The Kier molecular flexibility index (Phi) is 3.16. The third-order valence-corrected chi connectivity index (χ3v) is 3.00. The fraction of sp³-hybridized carbons (Fsp3) is 0.364. The van der Waals surface area contributed by atoms with E-state index in [1.54, 1.807) is 0 Å². The molecule has 1 aliphatic carbocycles. The van der Waals surface area contributed by atoms with E-state index in [4.69, 9.17) is 5.11 Å². The first-order chi connectivity index (χ1) is 7.56. The van der Waals surface area contributed by atoms with E-state index in [-0.39, 0.29) is 22.9 Å². The second-order valence-electron chi connectivity index (χ2n) is 3.96. The molecule has 1 saturated carbocycles. The normalized spacial score (nSPS) is 23.7. The maximum Gasteiger partial charge on any atom is 0.251 e. The molecule has 0 saturated heterocycles. The summed E-state index contributed by atoms with van der Waals surface area (Å²) in [6.45, 7) is 0. The van der Waals surface area contributed by atoms with Gasteiger partial charge in [0.25, 0.3) is 5.91 Å². The lowest BCUT2D eigenvalue weighted by Gasteiger charge is -2.31.